The Bertz CT molecular complexity index is 769. The van der Waals surface area contributed by atoms with Gasteiger partial charge in [-0.05, 0) is 12.1 Å². The fourth-order valence-corrected chi connectivity index (χ4v) is 2.80. The molecule has 18 heavy (non-hydrogen) atoms. The molecule has 0 aliphatic heterocycles. The van der Waals surface area contributed by atoms with E-state index in [9.17, 15) is 4.79 Å². The summed E-state index contributed by atoms with van der Waals surface area (Å²) in [6, 6.07) is 8.00. The second-order valence-corrected chi connectivity index (χ2v) is 4.84. The molecule has 0 spiro atoms. The van der Waals surface area contributed by atoms with Crippen LogP contribution in [0.5, 0.6) is 0 Å². The molecule has 0 amide bonds. The highest BCUT2D eigenvalue weighted by Gasteiger charge is 2.20. The van der Waals surface area contributed by atoms with Crippen LogP contribution in [0.25, 0.3) is 16.8 Å². The van der Waals surface area contributed by atoms with Gasteiger partial charge in [-0.15, -0.1) is 0 Å². The minimum absolute atomic E-state index is 0.0355. The lowest BCUT2D eigenvalue weighted by Crippen LogP contribution is -2.01. The summed E-state index contributed by atoms with van der Waals surface area (Å²) in [5, 5.41) is 0.581. The number of halogens is 1. The highest BCUT2D eigenvalue weighted by molar-refractivity contribution is 9.08. The molecular weight excluding hydrogens is 294 g/mol. The summed E-state index contributed by atoms with van der Waals surface area (Å²) in [5.74, 6) is 0.837. The van der Waals surface area contributed by atoms with E-state index in [2.05, 4.69) is 20.9 Å². The average Bonchev–Trinajstić information content (AvgIpc) is 2.87. The lowest BCUT2D eigenvalue weighted by atomic mass is 10.2. The number of Topliss-reactive ketones (excluding diaryl/α,β-unsaturated/α-hetero) is 1. The standard InChI is InChI=1S/C13H12BrN3O/c1-8(18)12-9(7-14)15-13-16(2)10-5-3-4-6-11(10)17(12)13/h3-6H,7H2,1-2H3. The minimum atomic E-state index is 0.0355. The Balaban J connectivity index is 2.57. The molecule has 0 radical (unpaired) electrons. The molecule has 2 heterocycles. The number of rotatable bonds is 2. The molecular formula is C13H12BrN3O. The van der Waals surface area contributed by atoms with Crippen LogP contribution in [0.1, 0.15) is 23.1 Å². The van der Waals surface area contributed by atoms with Gasteiger partial charge >= 0.3 is 0 Å². The number of carbonyl (C=O) groups is 1. The predicted molar refractivity (Wildman–Crippen MR) is 74.3 cm³/mol. The zero-order valence-corrected chi connectivity index (χ0v) is 11.7. The van der Waals surface area contributed by atoms with Crippen molar-refractivity contribution in [1.29, 1.82) is 0 Å². The first kappa shape index (κ1) is 11.5. The van der Waals surface area contributed by atoms with Gasteiger partial charge in [0.05, 0.1) is 16.7 Å². The number of benzene rings is 1. The molecule has 0 atom stereocenters. The van der Waals surface area contributed by atoms with Gasteiger partial charge in [0, 0.05) is 19.3 Å². The van der Waals surface area contributed by atoms with Gasteiger partial charge in [-0.2, -0.15) is 0 Å². The molecule has 92 valence electrons. The van der Waals surface area contributed by atoms with Crippen LogP contribution in [0.4, 0.5) is 0 Å². The van der Waals surface area contributed by atoms with E-state index in [1.807, 2.05) is 40.3 Å². The molecule has 0 N–H and O–H groups in total. The zero-order chi connectivity index (χ0) is 12.9. The normalized spacial score (nSPS) is 11.5. The molecule has 0 aliphatic rings. The maximum atomic E-state index is 11.9. The van der Waals surface area contributed by atoms with Crippen LogP contribution >= 0.6 is 15.9 Å². The molecule has 0 saturated carbocycles. The van der Waals surface area contributed by atoms with E-state index in [1.165, 1.54) is 0 Å². The number of hydrogen-bond acceptors (Lipinski definition) is 2. The van der Waals surface area contributed by atoms with Crippen molar-refractivity contribution in [3.63, 3.8) is 0 Å². The van der Waals surface area contributed by atoms with E-state index in [-0.39, 0.29) is 5.78 Å². The number of nitrogens with zero attached hydrogens (tertiary/aromatic N) is 3. The summed E-state index contributed by atoms with van der Waals surface area (Å²) >= 11 is 3.39. The smallest absolute Gasteiger partial charge is 0.215 e. The minimum Gasteiger partial charge on any atom is -0.313 e. The Morgan fingerprint density at radius 2 is 2.00 bits per heavy atom. The van der Waals surface area contributed by atoms with Gasteiger partial charge < -0.3 is 4.57 Å². The number of fused-ring (bicyclic) bond motifs is 3. The zero-order valence-electron chi connectivity index (χ0n) is 10.1. The maximum Gasteiger partial charge on any atom is 0.215 e. The number of aryl methyl sites for hydroxylation is 1. The number of hydrogen-bond donors (Lipinski definition) is 0. The summed E-state index contributed by atoms with van der Waals surface area (Å²) in [6.45, 7) is 1.58. The van der Waals surface area contributed by atoms with Crippen molar-refractivity contribution in [2.75, 3.05) is 0 Å². The highest BCUT2D eigenvalue weighted by atomic mass is 79.9. The van der Waals surface area contributed by atoms with Crippen LogP contribution in [-0.2, 0) is 12.4 Å². The van der Waals surface area contributed by atoms with Crippen molar-refractivity contribution in [2.24, 2.45) is 7.05 Å². The topological polar surface area (TPSA) is 39.3 Å². The summed E-state index contributed by atoms with van der Waals surface area (Å²) in [4.78, 5) is 16.4. The van der Waals surface area contributed by atoms with Gasteiger partial charge in [-0.1, -0.05) is 28.1 Å². The number of aromatic nitrogens is 3. The van der Waals surface area contributed by atoms with Crippen LogP contribution in [0.3, 0.4) is 0 Å². The van der Waals surface area contributed by atoms with Crippen molar-refractivity contribution in [1.82, 2.24) is 14.0 Å². The molecule has 2 aromatic heterocycles. The van der Waals surface area contributed by atoms with Crippen molar-refractivity contribution < 1.29 is 4.79 Å². The first-order chi connectivity index (χ1) is 8.65. The third kappa shape index (κ3) is 1.37. The van der Waals surface area contributed by atoms with Gasteiger partial charge in [0.2, 0.25) is 5.78 Å². The SMILES string of the molecule is CC(=O)c1c(CBr)nc2n(C)c3ccccc3n12. The Labute approximate surface area is 112 Å². The molecule has 0 fully saturated rings. The summed E-state index contributed by atoms with van der Waals surface area (Å²) in [6.07, 6.45) is 0. The van der Waals surface area contributed by atoms with Gasteiger partial charge in [0.1, 0.15) is 5.69 Å². The van der Waals surface area contributed by atoms with Crippen molar-refractivity contribution in [3.05, 3.63) is 35.7 Å². The molecule has 1 aromatic carbocycles. The first-order valence-corrected chi connectivity index (χ1v) is 6.79. The van der Waals surface area contributed by atoms with Crippen LogP contribution < -0.4 is 0 Å². The van der Waals surface area contributed by atoms with Crippen molar-refractivity contribution in [2.45, 2.75) is 12.3 Å². The third-order valence-corrected chi connectivity index (χ3v) is 3.71. The van der Waals surface area contributed by atoms with Gasteiger partial charge in [0.15, 0.2) is 5.78 Å². The highest BCUT2D eigenvalue weighted by Crippen LogP contribution is 2.24. The lowest BCUT2D eigenvalue weighted by Gasteiger charge is -1.98. The molecule has 4 nitrogen and oxygen atoms in total. The molecule has 0 saturated heterocycles. The quantitative estimate of drug-likeness (QED) is 0.539. The Kier molecular flexibility index (Phi) is 2.52. The summed E-state index contributed by atoms with van der Waals surface area (Å²) in [7, 11) is 1.96. The van der Waals surface area contributed by atoms with E-state index in [0.717, 1.165) is 22.5 Å². The van der Waals surface area contributed by atoms with Gasteiger partial charge in [-0.25, -0.2) is 4.98 Å². The monoisotopic (exact) mass is 305 g/mol. The van der Waals surface area contributed by atoms with Gasteiger partial charge in [-0.3, -0.25) is 9.20 Å². The van der Waals surface area contributed by atoms with E-state index in [1.54, 1.807) is 6.92 Å². The average molecular weight is 306 g/mol. The third-order valence-electron chi connectivity index (χ3n) is 3.18. The molecule has 3 aromatic rings. The molecule has 0 bridgehead atoms. The first-order valence-electron chi connectivity index (χ1n) is 5.66. The number of imidazole rings is 2. The van der Waals surface area contributed by atoms with E-state index in [4.69, 9.17) is 0 Å². The maximum absolute atomic E-state index is 11.9. The summed E-state index contributed by atoms with van der Waals surface area (Å²) < 4.78 is 3.95. The lowest BCUT2D eigenvalue weighted by molar-refractivity contribution is 0.101. The molecule has 3 rings (SSSR count). The second-order valence-electron chi connectivity index (χ2n) is 4.28. The Morgan fingerprint density at radius 3 is 2.61 bits per heavy atom. The van der Waals surface area contributed by atoms with E-state index < -0.39 is 0 Å². The second kappa shape index (κ2) is 3.95. The summed E-state index contributed by atoms with van der Waals surface area (Å²) in [5.41, 5.74) is 3.54. The number of ketones is 1. The fourth-order valence-electron chi connectivity index (χ4n) is 2.40. The fraction of sp³-hybridized carbons (Fsp3) is 0.231. The van der Waals surface area contributed by atoms with Crippen molar-refractivity contribution >= 4 is 38.5 Å². The number of carbonyl (C=O) groups excluding carboxylic acids is 1. The molecule has 0 unspecified atom stereocenters. The number of para-hydroxylation sites is 2. The molecule has 0 aliphatic carbocycles. The van der Waals surface area contributed by atoms with Crippen LogP contribution in [0.15, 0.2) is 24.3 Å². The Hall–Kier alpha value is -1.62. The van der Waals surface area contributed by atoms with Crippen LogP contribution in [-0.4, -0.2) is 19.7 Å². The Morgan fingerprint density at radius 1 is 1.33 bits per heavy atom. The van der Waals surface area contributed by atoms with Crippen molar-refractivity contribution in [3.8, 4) is 0 Å². The van der Waals surface area contributed by atoms with E-state index in [0.29, 0.717) is 11.0 Å². The molecule has 5 heteroatoms. The van der Waals surface area contributed by atoms with Crippen LogP contribution in [0.2, 0.25) is 0 Å². The van der Waals surface area contributed by atoms with Gasteiger partial charge in [0.25, 0.3) is 0 Å². The van der Waals surface area contributed by atoms with Crippen LogP contribution in [0, 0.1) is 0 Å². The largest absolute Gasteiger partial charge is 0.313 e. The number of alkyl halides is 1. The predicted octanol–water partition coefficient (Wildman–Crippen LogP) is 2.92. The van der Waals surface area contributed by atoms with E-state index >= 15 is 0 Å².